The van der Waals surface area contributed by atoms with E-state index in [1.54, 1.807) is 7.11 Å². The molecule has 1 unspecified atom stereocenters. The fourth-order valence-electron chi connectivity index (χ4n) is 2.77. The van der Waals surface area contributed by atoms with Crippen molar-refractivity contribution < 1.29 is 4.74 Å². The van der Waals surface area contributed by atoms with Crippen LogP contribution in [0.4, 0.5) is 0 Å². The van der Waals surface area contributed by atoms with Gasteiger partial charge in [0.2, 0.25) is 0 Å². The first-order chi connectivity index (χ1) is 9.87. The summed E-state index contributed by atoms with van der Waals surface area (Å²) in [6.45, 7) is 12.2. The molecule has 0 aromatic carbocycles. The molecular formula is C18H30N2O. The van der Waals surface area contributed by atoms with Crippen LogP contribution in [0.25, 0.3) is 0 Å². The number of rotatable bonds is 7. The SMILES string of the molecule is COc1c(C)cnc(CC(C)(CNC2CC2)C(C)C)c1C. The van der Waals surface area contributed by atoms with Crippen LogP contribution in [-0.4, -0.2) is 24.7 Å². The number of hydrogen-bond donors (Lipinski definition) is 1. The number of aryl methyl sites for hydroxylation is 1. The van der Waals surface area contributed by atoms with Crippen LogP contribution in [-0.2, 0) is 6.42 Å². The topological polar surface area (TPSA) is 34.1 Å². The van der Waals surface area contributed by atoms with Gasteiger partial charge < -0.3 is 10.1 Å². The summed E-state index contributed by atoms with van der Waals surface area (Å²) >= 11 is 0. The molecule has 0 aliphatic heterocycles. The Morgan fingerprint density at radius 2 is 2.05 bits per heavy atom. The van der Waals surface area contributed by atoms with Gasteiger partial charge in [0.25, 0.3) is 0 Å². The number of hydrogen-bond acceptors (Lipinski definition) is 3. The molecule has 1 heterocycles. The molecule has 2 rings (SSSR count). The molecule has 118 valence electrons. The average Bonchev–Trinajstić information content (AvgIpc) is 3.24. The van der Waals surface area contributed by atoms with Gasteiger partial charge in [-0.25, -0.2) is 0 Å². The predicted molar refractivity (Wildman–Crippen MR) is 87.9 cm³/mol. The summed E-state index contributed by atoms with van der Waals surface area (Å²) in [5, 5.41) is 3.70. The van der Waals surface area contributed by atoms with Crippen LogP contribution >= 0.6 is 0 Å². The highest BCUT2D eigenvalue weighted by molar-refractivity contribution is 5.41. The first kappa shape index (κ1) is 16.3. The van der Waals surface area contributed by atoms with Crippen LogP contribution in [0.15, 0.2) is 6.20 Å². The van der Waals surface area contributed by atoms with Crippen molar-refractivity contribution in [1.29, 1.82) is 0 Å². The smallest absolute Gasteiger partial charge is 0.128 e. The standard InChI is InChI=1S/C18H30N2O/c1-12(2)18(5,11-20-15-7-8-15)9-16-14(4)17(21-6)13(3)10-19-16/h10,12,15,20H,7-9,11H2,1-6H3. The van der Waals surface area contributed by atoms with E-state index in [9.17, 15) is 0 Å². The Kier molecular flexibility index (Phi) is 4.92. The molecule has 1 saturated carbocycles. The van der Waals surface area contributed by atoms with E-state index in [1.807, 2.05) is 6.20 Å². The molecule has 1 atom stereocenters. The lowest BCUT2D eigenvalue weighted by atomic mass is 9.74. The third-order valence-electron chi connectivity index (χ3n) is 5.09. The molecule has 0 radical (unpaired) electrons. The Morgan fingerprint density at radius 1 is 1.38 bits per heavy atom. The molecule has 0 saturated heterocycles. The highest BCUT2D eigenvalue weighted by Crippen LogP contribution is 2.34. The van der Waals surface area contributed by atoms with Crippen molar-refractivity contribution in [2.24, 2.45) is 11.3 Å². The summed E-state index contributed by atoms with van der Waals surface area (Å²) < 4.78 is 5.54. The predicted octanol–water partition coefficient (Wildman–Crippen LogP) is 3.66. The Hall–Kier alpha value is -1.09. The van der Waals surface area contributed by atoms with Gasteiger partial charge in [0, 0.05) is 35.6 Å². The van der Waals surface area contributed by atoms with Gasteiger partial charge in [0.15, 0.2) is 0 Å². The molecule has 0 spiro atoms. The Balaban J connectivity index is 2.19. The highest BCUT2D eigenvalue weighted by Gasteiger charge is 2.32. The van der Waals surface area contributed by atoms with E-state index in [2.05, 4.69) is 44.9 Å². The molecule has 3 heteroatoms. The van der Waals surface area contributed by atoms with Crippen LogP contribution in [0.5, 0.6) is 5.75 Å². The van der Waals surface area contributed by atoms with E-state index >= 15 is 0 Å². The van der Waals surface area contributed by atoms with Crippen LogP contribution in [0.2, 0.25) is 0 Å². The minimum absolute atomic E-state index is 0.223. The van der Waals surface area contributed by atoms with Crippen molar-refractivity contribution in [1.82, 2.24) is 10.3 Å². The van der Waals surface area contributed by atoms with Gasteiger partial charge in [-0.1, -0.05) is 20.8 Å². The molecule has 1 aliphatic rings. The fraction of sp³-hybridized carbons (Fsp3) is 0.722. The van der Waals surface area contributed by atoms with E-state index in [0.29, 0.717) is 5.92 Å². The number of aromatic nitrogens is 1. The Labute approximate surface area is 129 Å². The monoisotopic (exact) mass is 290 g/mol. The number of methoxy groups -OCH3 is 1. The molecule has 21 heavy (non-hydrogen) atoms. The molecular weight excluding hydrogens is 260 g/mol. The Morgan fingerprint density at radius 3 is 2.57 bits per heavy atom. The van der Waals surface area contributed by atoms with Crippen molar-refractivity contribution in [3.63, 3.8) is 0 Å². The van der Waals surface area contributed by atoms with Crippen molar-refractivity contribution >= 4 is 0 Å². The Bertz CT molecular complexity index is 494. The van der Waals surface area contributed by atoms with Gasteiger partial charge in [-0.05, 0) is 44.4 Å². The maximum absolute atomic E-state index is 5.54. The minimum Gasteiger partial charge on any atom is -0.496 e. The number of nitrogens with zero attached hydrogens (tertiary/aromatic N) is 1. The second kappa shape index (κ2) is 6.35. The van der Waals surface area contributed by atoms with Crippen molar-refractivity contribution in [2.75, 3.05) is 13.7 Å². The summed E-state index contributed by atoms with van der Waals surface area (Å²) in [5.74, 6) is 1.60. The van der Waals surface area contributed by atoms with Gasteiger partial charge >= 0.3 is 0 Å². The van der Waals surface area contributed by atoms with Gasteiger partial charge in [-0.3, -0.25) is 4.98 Å². The van der Waals surface area contributed by atoms with E-state index in [4.69, 9.17) is 4.74 Å². The maximum Gasteiger partial charge on any atom is 0.128 e. The summed E-state index contributed by atoms with van der Waals surface area (Å²) in [6, 6.07) is 0.754. The number of pyridine rings is 1. The van der Waals surface area contributed by atoms with E-state index < -0.39 is 0 Å². The van der Waals surface area contributed by atoms with Gasteiger partial charge in [0.05, 0.1) is 7.11 Å². The second-order valence-electron chi connectivity index (χ2n) is 7.19. The molecule has 1 fully saturated rings. The molecule has 1 N–H and O–H groups in total. The maximum atomic E-state index is 5.54. The molecule has 1 aliphatic carbocycles. The van der Waals surface area contributed by atoms with Crippen molar-refractivity contribution in [2.45, 2.75) is 59.9 Å². The van der Waals surface area contributed by atoms with E-state index in [-0.39, 0.29) is 5.41 Å². The lowest BCUT2D eigenvalue weighted by Crippen LogP contribution is -2.39. The lowest BCUT2D eigenvalue weighted by molar-refractivity contribution is 0.204. The third kappa shape index (κ3) is 3.76. The number of nitrogens with one attached hydrogen (secondary N) is 1. The summed E-state index contributed by atoms with van der Waals surface area (Å²) in [7, 11) is 1.75. The zero-order valence-electron chi connectivity index (χ0n) is 14.4. The van der Waals surface area contributed by atoms with E-state index in [1.165, 1.54) is 24.1 Å². The van der Waals surface area contributed by atoms with Crippen LogP contribution in [0, 0.1) is 25.2 Å². The first-order valence-corrected chi connectivity index (χ1v) is 8.10. The summed E-state index contributed by atoms with van der Waals surface area (Å²) in [4.78, 5) is 4.69. The van der Waals surface area contributed by atoms with Crippen LogP contribution in [0.3, 0.4) is 0 Å². The van der Waals surface area contributed by atoms with Gasteiger partial charge in [-0.15, -0.1) is 0 Å². The average molecular weight is 290 g/mol. The fourth-order valence-corrected chi connectivity index (χ4v) is 2.77. The largest absolute Gasteiger partial charge is 0.496 e. The molecule has 1 aromatic heterocycles. The lowest BCUT2D eigenvalue weighted by Gasteiger charge is -2.34. The van der Waals surface area contributed by atoms with Crippen molar-refractivity contribution in [3.8, 4) is 5.75 Å². The summed E-state index contributed by atoms with van der Waals surface area (Å²) in [5.41, 5.74) is 3.70. The van der Waals surface area contributed by atoms with Crippen LogP contribution < -0.4 is 10.1 Å². The van der Waals surface area contributed by atoms with Crippen molar-refractivity contribution in [3.05, 3.63) is 23.0 Å². The molecule has 0 bridgehead atoms. The second-order valence-corrected chi connectivity index (χ2v) is 7.19. The zero-order valence-corrected chi connectivity index (χ0v) is 14.4. The first-order valence-electron chi connectivity index (χ1n) is 8.10. The van der Waals surface area contributed by atoms with E-state index in [0.717, 1.165) is 30.3 Å². The molecule has 3 nitrogen and oxygen atoms in total. The highest BCUT2D eigenvalue weighted by atomic mass is 16.5. The zero-order chi connectivity index (χ0) is 15.6. The normalized spacial score (nSPS) is 17.9. The quantitative estimate of drug-likeness (QED) is 0.832. The molecule has 0 amide bonds. The van der Waals surface area contributed by atoms with Gasteiger partial charge in [-0.2, -0.15) is 0 Å². The van der Waals surface area contributed by atoms with Crippen LogP contribution in [0.1, 0.15) is 50.4 Å². The minimum atomic E-state index is 0.223. The van der Waals surface area contributed by atoms with Gasteiger partial charge in [0.1, 0.15) is 5.75 Å². The molecule has 1 aromatic rings. The third-order valence-corrected chi connectivity index (χ3v) is 5.09. The summed E-state index contributed by atoms with van der Waals surface area (Å²) in [6.07, 6.45) is 5.61. The number of ether oxygens (including phenoxy) is 1.